The van der Waals surface area contributed by atoms with E-state index in [2.05, 4.69) is 18.8 Å². The molecule has 0 saturated carbocycles. The number of thioether (sulfide) groups is 1. The lowest BCUT2D eigenvalue weighted by Crippen LogP contribution is -2.38. The Morgan fingerprint density at radius 1 is 1.10 bits per heavy atom. The first-order chi connectivity index (χ1) is 14.8. The van der Waals surface area contributed by atoms with Crippen molar-refractivity contribution in [2.45, 2.75) is 29.6 Å². The van der Waals surface area contributed by atoms with Gasteiger partial charge in [0.05, 0.1) is 20.9 Å². The fraction of sp³-hybridized carbons (Fsp3) is 0.304. The van der Waals surface area contributed by atoms with Crippen molar-refractivity contribution >= 4 is 50.0 Å². The maximum Gasteiger partial charge on any atom is 0.256 e. The molecule has 1 saturated heterocycles. The van der Waals surface area contributed by atoms with Gasteiger partial charge >= 0.3 is 0 Å². The number of hydrogen-bond acceptors (Lipinski definition) is 5. The van der Waals surface area contributed by atoms with Crippen LogP contribution >= 0.6 is 23.4 Å². The van der Waals surface area contributed by atoms with Crippen molar-refractivity contribution < 1.29 is 13.2 Å². The quantitative estimate of drug-likeness (QED) is 0.530. The minimum atomic E-state index is -3.99. The van der Waals surface area contributed by atoms with E-state index < -0.39 is 9.84 Å². The van der Waals surface area contributed by atoms with Gasteiger partial charge in [-0.05, 0) is 41.8 Å². The van der Waals surface area contributed by atoms with E-state index in [0.29, 0.717) is 29.0 Å². The average Bonchev–Trinajstić information content (AvgIpc) is 2.78. The number of halogens is 1. The Labute approximate surface area is 191 Å². The van der Waals surface area contributed by atoms with Gasteiger partial charge in [-0.1, -0.05) is 37.6 Å². The highest BCUT2D eigenvalue weighted by molar-refractivity contribution is 7.99. The number of benzene rings is 2. The van der Waals surface area contributed by atoms with Gasteiger partial charge in [-0.15, -0.1) is 0 Å². The molecule has 5 nitrogen and oxygen atoms in total. The molecule has 8 heteroatoms. The van der Waals surface area contributed by atoms with Crippen LogP contribution in [0.1, 0.15) is 35.7 Å². The molecule has 1 aliphatic heterocycles. The number of fused-ring (bicyclic) bond motifs is 1. The summed E-state index contributed by atoms with van der Waals surface area (Å²) in [6.45, 7) is 5.27. The van der Waals surface area contributed by atoms with Crippen LogP contribution in [0, 0.1) is 0 Å². The first kappa shape index (κ1) is 22.1. The molecule has 2 aromatic carbocycles. The lowest BCUT2D eigenvalue weighted by Gasteiger charge is -2.27. The molecular weight excluding hydrogens is 452 g/mol. The third kappa shape index (κ3) is 4.31. The van der Waals surface area contributed by atoms with Crippen LogP contribution in [0.3, 0.4) is 0 Å². The van der Waals surface area contributed by atoms with E-state index in [4.69, 9.17) is 11.6 Å². The van der Waals surface area contributed by atoms with Gasteiger partial charge in [-0.25, -0.2) is 8.42 Å². The summed E-state index contributed by atoms with van der Waals surface area (Å²) in [7, 11) is -3.99. The van der Waals surface area contributed by atoms with Crippen molar-refractivity contribution in [1.82, 2.24) is 9.88 Å². The zero-order valence-electron chi connectivity index (χ0n) is 17.3. The number of carbonyl (C=O) groups is 1. The van der Waals surface area contributed by atoms with Crippen LogP contribution < -0.4 is 0 Å². The van der Waals surface area contributed by atoms with Crippen molar-refractivity contribution in [2.24, 2.45) is 0 Å². The Hall–Kier alpha value is -2.09. The third-order valence-electron chi connectivity index (χ3n) is 5.44. The summed E-state index contributed by atoms with van der Waals surface area (Å²) in [4.78, 5) is 19.5. The first-order valence-corrected chi connectivity index (χ1v) is 13.1. The van der Waals surface area contributed by atoms with E-state index in [1.54, 1.807) is 47.0 Å². The standard InChI is InChI=1S/C23H23ClN2O3S2/c1-15(2)16-3-6-18(7-4-16)31(28,29)22-19-13-17(24)5-8-21(19)25-14-20(22)23(27)26-9-11-30-12-10-26/h3-8,13-15H,9-12H2,1-2H3. The smallest absolute Gasteiger partial charge is 0.256 e. The van der Waals surface area contributed by atoms with Gasteiger partial charge in [0.1, 0.15) is 0 Å². The predicted octanol–water partition coefficient (Wildman–Crippen LogP) is 5.03. The third-order valence-corrected chi connectivity index (χ3v) is 8.48. The summed E-state index contributed by atoms with van der Waals surface area (Å²) in [6, 6.07) is 11.7. The van der Waals surface area contributed by atoms with E-state index in [-0.39, 0.29) is 27.2 Å². The van der Waals surface area contributed by atoms with Gasteiger partial charge in [-0.2, -0.15) is 11.8 Å². The normalized spacial score (nSPS) is 14.9. The van der Waals surface area contributed by atoms with E-state index in [1.165, 1.54) is 6.20 Å². The van der Waals surface area contributed by atoms with Crippen molar-refractivity contribution in [2.75, 3.05) is 24.6 Å². The lowest BCUT2D eigenvalue weighted by molar-refractivity contribution is 0.0768. The average molecular weight is 475 g/mol. The second-order valence-electron chi connectivity index (χ2n) is 7.79. The number of rotatable bonds is 4. The van der Waals surface area contributed by atoms with Crippen LogP contribution in [0.25, 0.3) is 10.9 Å². The number of amides is 1. The highest BCUT2D eigenvalue weighted by atomic mass is 35.5. The fourth-order valence-corrected chi connectivity index (χ4v) is 6.36. The molecule has 2 heterocycles. The zero-order chi connectivity index (χ0) is 22.2. The summed E-state index contributed by atoms with van der Waals surface area (Å²) in [5.41, 5.74) is 1.62. The van der Waals surface area contributed by atoms with Crippen LogP contribution in [0.15, 0.2) is 58.5 Å². The number of sulfone groups is 1. The van der Waals surface area contributed by atoms with E-state index in [1.807, 2.05) is 12.1 Å². The maximum absolute atomic E-state index is 13.8. The topological polar surface area (TPSA) is 67.3 Å². The minimum Gasteiger partial charge on any atom is -0.337 e. The molecule has 0 spiro atoms. The second kappa shape index (κ2) is 8.81. The largest absolute Gasteiger partial charge is 0.337 e. The molecule has 1 aliphatic rings. The molecule has 1 fully saturated rings. The lowest BCUT2D eigenvalue weighted by atomic mass is 10.0. The minimum absolute atomic E-state index is 0.0273. The van der Waals surface area contributed by atoms with Crippen LogP contribution in [0.5, 0.6) is 0 Å². The molecule has 4 rings (SSSR count). The van der Waals surface area contributed by atoms with Gasteiger partial charge in [0.15, 0.2) is 0 Å². The Balaban J connectivity index is 1.93. The Bertz CT molecular complexity index is 1240. The van der Waals surface area contributed by atoms with E-state index in [0.717, 1.165) is 17.1 Å². The summed E-state index contributed by atoms with van der Waals surface area (Å²) in [5.74, 6) is 1.63. The molecule has 1 aromatic heterocycles. The molecule has 31 heavy (non-hydrogen) atoms. The van der Waals surface area contributed by atoms with Crippen LogP contribution in [-0.2, 0) is 9.84 Å². The summed E-state index contributed by atoms with van der Waals surface area (Å²) in [6.07, 6.45) is 1.38. The van der Waals surface area contributed by atoms with Crippen LogP contribution in [0.2, 0.25) is 5.02 Å². The van der Waals surface area contributed by atoms with Crippen molar-refractivity contribution in [3.05, 3.63) is 64.8 Å². The Morgan fingerprint density at radius 2 is 1.77 bits per heavy atom. The van der Waals surface area contributed by atoms with Crippen molar-refractivity contribution in [3.63, 3.8) is 0 Å². The van der Waals surface area contributed by atoms with Gasteiger partial charge in [0.2, 0.25) is 9.84 Å². The highest BCUT2D eigenvalue weighted by Gasteiger charge is 2.30. The number of nitrogens with zero attached hydrogens (tertiary/aromatic N) is 2. The van der Waals surface area contributed by atoms with Crippen molar-refractivity contribution in [3.8, 4) is 0 Å². The Morgan fingerprint density at radius 3 is 2.42 bits per heavy atom. The molecule has 0 bridgehead atoms. The van der Waals surface area contributed by atoms with E-state index >= 15 is 0 Å². The summed E-state index contributed by atoms with van der Waals surface area (Å²) in [5, 5.41) is 0.748. The summed E-state index contributed by atoms with van der Waals surface area (Å²) >= 11 is 7.98. The summed E-state index contributed by atoms with van der Waals surface area (Å²) < 4.78 is 27.6. The van der Waals surface area contributed by atoms with Crippen LogP contribution in [0.4, 0.5) is 0 Å². The SMILES string of the molecule is CC(C)c1ccc(S(=O)(=O)c2c(C(=O)N3CCSCC3)cnc3ccc(Cl)cc23)cc1. The van der Waals surface area contributed by atoms with Gasteiger partial charge < -0.3 is 4.90 Å². The fourth-order valence-electron chi connectivity index (χ4n) is 3.67. The molecule has 3 aromatic rings. The van der Waals surface area contributed by atoms with Crippen molar-refractivity contribution in [1.29, 1.82) is 0 Å². The monoisotopic (exact) mass is 474 g/mol. The predicted molar refractivity (Wildman–Crippen MR) is 126 cm³/mol. The number of pyridine rings is 1. The van der Waals surface area contributed by atoms with E-state index in [9.17, 15) is 13.2 Å². The molecule has 162 valence electrons. The van der Waals surface area contributed by atoms with Gasteiger partial charge in [-0.3, -0.25) is 9.78 Å². The molecule has 1 amide bonds. The maximum atomic E-state index is 13.8. The molecule has 0 N–H and O–H groups in total. The van der Waals surface area contributed by atoms with Gasteiger partial charge in [0.25, 0.3) is 5.91 Å². The number of hydrogen-bond donors (Lipinski definition) is 0. The molecule has 0 atom stereocenters. The molecule has 0 radical (unpaired) electrons. The van der Waals surface area contributed by atoms with Crippen LogP contribution in [-0.4, -0.2) is 48.8 Å². The van der Waals surface area contributed by atoms with Gasteiger partial charge in [0, 0.05) is 41.2 Å². The molecule has 0 unspecified atom stereocenters. The highest BCUT2D eigenvalue weighted by Crippen LogP contribution is 2.33. The number of carbonyl (C=O) groups excluding carboxylic acids is 1. The number of aromatic nitrogens is 1. The molecular formula is C23H23ClN2O3S2. The first-order valence-electron chi connectivity index (χ1n) is 10.1. The zero-order valence-corrected chi connectivity index (χ0v) is 19.7. The molecule has 0 aliphatic carbocycles. The second-order valence-corrected chi connectivity index (χ2v) is 11.3. The Kier molecular flexibility index (Phi) is 6.28.